The number of aliphatic hydroxyl groups excluding tert-OH is 1. The molecule has 1 amide bonds. The number of aliphatic carboxylic acids is 1. The first-order chi connectivity index (χ1) is 13.3. The van der Waals surface area contributed by atoms with Gasteiger partial charge in [-0.05, 0) is 42.7 Å². The summed E-state index contributed by atoms with van der Waals surface area (Å²) in [7, 11) is 3.85. The minimum absolute atomic E-state index is 0.00734. The van der Waals surface area contributed by atoms with Gasteiger partial charge in [0.25, 0.3) is 5.91 Å². The Labute approximate surface area is 165 Å². The van der Waals surface area contributed by atoms with E-state index < -0.39 is 17.5 Å². The highest BCUT2D eigenvalue weighted by Crippen LogP contribution is 2.36. The fourth-order valence-electron chi connectivity index (χ4n) is 3.74. The Morgan fingerprint density at radius 1 is 1.11 bits per heavy atom. The second-order valence-electron chi connectivity index (χ2n) is 7.58. The van der Waals surface area contributed by atoms with Gasteiger partial charge in [-0.3, -0.25) is 9.59 Å². The molecule has 0 aromatic heterocycles. The summed E-state index contributed by atoms with van der Waals surface area (Å²) < 4.78 is 0. The van der Waals surface area contributed by atoms with E-state index in [0.29, 0.717) is 12.1 Å². The standard InChI is InChI=1S/C22H26N2O4/c1-23(2)18-10-8-17(9-11-18)20(26)24-13-12-22(21(27)28,19(25)15-24)14-16-6-4-3-5-7-16/h3-11,19,25H,12-15H2,1-2H3,(H,27,28)/t19-,22+/m0/s1. The van der Waals surface area contributed by atoms with E-state index in [0.717, 1.165) is 11.3 Å². The highest BCUT2D eigenvalue weighted by Gasteiger charge is 2.49. The topological polar surface area (TPSA) is 81.1 Å². The molecule has 0 saturated carbocycles. The van der Waals surface area contributed by atoms with Crippen molar-refractivity contribution in [3.63, 3.8) is 0 Å². The van der Waals surface area contributed by atoms with Crippen LogP contribution in [-0.4, -0.2) is 60.3 Å². The highest BCUT2D eigenvalue weighted by molar-refractivity contribution is 5.95. The van der Waals surface area contributed by atoms with E-state index in [9.17, 15) is 19.8 Å². The Balaban J connectivity index is 1.75. The van der Waals surface area contributed by atoms with Crippen molar-refractivity contribution in [2.45, 2.75) is 18.9 Å². The minimum atomic E-state index is -1.28. The van der Waals surface area contributed by atoms with Gasteiger partial charge in [0.1, 0.15) is 5.41 Å². The molecule has 0 spiro atoms. The Morgan fingerprint density at radius 3 is 2.29 bits per heavy atom. The number of aliphatic hydroxyl groups is 1. The minimum Gasteiger partial charge on any atom is -0.481 e. The van der Waals surface area contributed by atoms with Crippen LogP contribution in [0, 0.1) is 5.41 Å². The zero-order valence-corrected chi connectivity index (χ0v) is 16.2. The summed E-state index contributed by atoms with van der Waals surface area (Å²) in [6.45, 7) is 0.303. The number of hydrogen-bond acceptors (Lipinski definition) is 4. The molecule has 0 unspecified atom stereocenters. The molecule has 3 rings (SSSR count). The van der Waals surface area contributed by atoms with Crippen molar-refractivity contribution in [2.24, 2.45) is 5.41 Å². The van der Waals surface area contributed by atoms with Gasteiger partial charge in [-0.2, -0.15) is 0 Å². The third-order valence-corrected chi connectivity index (χ3v) is 5.57. The molecule has 1 aliphatic rings. The van der Waals surface area contributed by atoms with Gasteiger partial charge in [-0.25, -0.2) is 0 Å². The van der Waals surface area contributed by atoms with Crippen molar-refractivity contribution < 1.29 is 19.8 Å². The molecule has 2 atom stereocenters. The molecule has 0 aliphatic carbocycles. The maximum absolute atomic E-state index is 12.8. The number of hydrogen-bond donors (Lipinski definition) is 2. The molecule has 2 N–H and O–H groups in total. The van der Waals surface area contributed by atoms with Crippen molar-refractivity contribution in [3.05, 3.63) is 65.7 Å². The van der Waals surface area contributed by atoms with Crippen LogP contribution < -0.4 is 4.90 Å². The Morgan fingerprint density at radius 2 is 1.75 bits per heavy atom. The largest absolute Gasteiger partial charge is 0.481 e. The molecule has 6 heteroatoms. The van der Waals surface area contributed by atoms with Crippen LogP contribution in [0.4, 0.5) is 5.69 Å². The van der Waals surface area contributed by atoms with Gasteiger partial charge in [-0.15, -0.1) is 0 Å². The zero-order chi connectivity index (χ0) is 20.3. The number of β-amino-alcohol motifs (C(OH)–C–C–N with tert-alkyl or cyclic N) is 1. The molecule has 0 bridgehead atoms. The van der Waals surface area contributed by atoms with Crippen molar-refractivity contribution in [1.82, 2.24) is 4.90 Å². The average Bonchev–Trinajstić information content (AvgIpc) is 2.69. The van der Waals surface area contributed by atoms with Crippen LogP contribution in [0.2, 0.25) is 0 Å². The number of piperidine rings is 1. The summed E-state index contributed by atoms with van der Waals surface area (Å²) in [6.07, 6.45) is -0.687. The molecule has 1 saturated heterocycles. The van der Waals surface area contributed by atoms with Crippen LogP contribution >= 0.6 is 0 Å². The van der Waals surface area contributed by atoms with Crippen LogP contribution in [-0.2, 0) is 11.2 Å². The smallest absolute Gasteiger partial charge is 0.312 e. The van der Waals surface area contributed by atoms with E-state index in [1.165, 1.54) is 0 Å². The van der Waals surface area contributed by atoms with Crippen molar-refractivity contribution >= 4 is 17.6 Å². The molecule has 2 aromatic rings. The fraction of sp³-hybridized carbons (Fsp3) is 0.364. The lowest BCUT2D eigenvalue weighted by Crippen LogP contribution is -2.57. The molecule has 6 nitrogen and oxygen atoms in total. The van der Waals surface area contributed by atoms with E-state index >= 15 is 0 Å². The fourth-order valence-corrected chi connectivity index (χ4v) is 3.74. The number of carbonyl (C=O) groups is 2. The van der Waals surface area contributed by atoms with Crippen LogP contribution in [0.3, 0.4) is 0 Å². The van der Waals surface area contributed by atoms with Gasteiger partial charge in [0.15, 0.2) is 0 Å². The average molecular weight is 382 g/mol. The van der Waals surface area contributed by atoms with E-state index in [1.54, 1.807) is 17.0 Å². The Bertz CT molecular complexity index is 835. The van der Waals surface area contributed by atoms with Gasteiger partial charge in [0.05, 0.1) is 6.10 Å². The number of carboxylic acids is 1. The second kappa shape index (κ2) is 8.02. The Hall–Kier alpha value is -2.86. The van der Waals surface area contributed by atoms with Gasteiger partial charge >= 0.3 is 5.97 Å². The molecule has 1 aliphatic heterocycles. The monoisotopic (exact) mass is 382 g/mol. The summed E-state index contributed by atoms with van der Waals surface area (Å²) >= 11 is 0. The van der Waals surface area contributed by atoms with Crippen LogP contribution in [0.1, 0.15) is 22.3 Å². The normalized spacial score (nSPS) is 22.0. The summed E-state index contributed by atoms with van der Waals surface area (Å²) in [5, 5.41) is 20.6. The number of anilines is 1. The molecule has 1 heterocycles. The molecular weight excluding hydrogens is 356 g/mol. The van der Waals surface area contributed by atoms with E-state index in [1.807, 2.05) is 61.5 Å². The summed E-state index contributed by atoms with van der Waals surface area (Å²) in [5.41, 5.74) is 1.10. The summed E-state index contributed by atoms with van der Waals surface area (Å²) in [5.74, 6) is -1.21. The molecule has 148 valence electrons. The summed E-state index contributed by atoms with van der Waals surface area (Å²) in [6, 6.07) is 16.6. The third kappa shape index (κ3) is 3.87. The second-order valence-corrected chi connectivity index (χ2v) is 7.58. The molecule has 0 radical (unpaired) electrons. The van der Waals surface area contributed by atoms with Crippen molar-refractivity contribution in [1.29, 1.82) is 0 Å². The van der Waals surface area contributed by atoms with Crippen LogP contribution in [0.5, 0.6) is 0 Å². The number of likely N-dealkylation sites (tertiary alicyclic amines) is 1. The van der Waals surface area contributed by atoms with Gasteiger partial charge in [0.2, 0.25) is 0 Å². The predicted octanol–water partition coefficient (Wildman–Crippen LogP) is 2.27. The van der Waals surface area contributed by atoms with Gasteiger partial charge in [0, 0.05) is 38.4 Å². The number of carboxylic acid groups (broad SMARTS) is 1. The number of amides is 1. The molecule has 2 aromatic carbocycles. The number of benzene rings is 2. The van der Waals surface area contributed by atoms with E-state index in [-0.39, 0.29) is 25.3 Å². The van der Waals surface area contributed by atoms with E-state index in [4.69, 9.17) is 0 Å². The van der Waals surface area contributed by atoms with E-state index in [2.05, 4.69) is 0 Å². The van der Waals surface area contributed by atoms with Gasteiger partial charge in [-0.1, -0.05) is 30.3 Å². The lowest BCUT2D eigenvalue weighted by atomic mass is 9.71. The first kappa shape index (κ1) is 19.9. The van der Waals surface area contributed by atoms with Gasteiger partial charge < -0.3 is 20.0 Å². The molecular formula is C22H26N2O4. The third-order valence-electron chi connectivity index (χ3n) is 5.57. The maximum Gasteiger partial charge on any atom is 0.312 e. The first-order valence-corrected chi connectivity index (χ1v) is 9.35. The van der Waals surface area contributed by atoms with Crippen molar-refractivity contribution in [3.8, 4) is 0 Å². The molecule has 28 heavy (non-hydrogen) atoms. The maximum atomic E-state index is 12.8. The Kier molecular flexibility index (Phi) is 5.70. The number of carbonyl (C=O) groups excluding carboxylic acids is 1. The first-order valence-electron chi connectivity index (χ1n) is 9.35. The lowest BCUT2D eigenvalue weighted by Gasteiger charge is -2.43. The lowest BCUT2D eigenvalue weighted by molar-refractivity contribution is -0.161. The summed E-state index contributed by atoms with van der Waals surface area (Å²) in [4.78, 5) is 28.4. The SMILES string of the molecule is CN(C)c1ccc(C(=O)N2CC[C@](Cc3ccccc3)(C(=O)O)[C@@H](O)C2)cc1. The number of rotatable bonds is 5. The number of nitrogens with zero attached hydrogens (tertiary/aromatic N) is 2. The predicted molar refractivity (Wildman–Crippen MR) is 108 cm³/mol. The van der Waals surface area contributed by atoms with Crippen LogP contribution in [0.25, 0.3) is 0 Å². The van der Waals surface area contributed by atoms with Crippen LogP contribution in [0.15, 0.2) is 54.6 Å². The highest BCUT2D eigenvalue weighted by atomic mass is 16.4. The zero-order valence-electron chi connectivity index (χ0n) is 16.2. The quantitative estimate of drug-likeness (QED) is 0.829. The van der Waals surface area contributed by atoms with Crippen molar-refractivity contribution in [2.75, 3.05) is 32.1 Å². The molecule has 1 fully saturated rings.